The zero-order valence-corrected chi connectivity index (χ0v) is 16.7. The number of rotatable bonds is 6. The van der Waals surface area contributed by atoms with E-state index in [1.54, 1.807) is 0 Å². The van der Waals surface area contributed by atoms with Gasteiger partial charge in [-0.1, -0.05) is 12.1 Å². The molecule has 2 saturated carbocycles. The summed E-state index contributed by atoms with van der Waals surface area (Å²) < 4.78 is 5.32. The fourth-order valence-electron chi connectivity index (χ4n) is 4.81. The van der Waals surface area contributed by atoms with Crippen LogP contribution in [0.5, 0.6) is 0 Å². The van der Waals surface area contributed by atoms with E-state index in [-0.39, 0.29) is 11.9 Å². The highest BCUT2D eigenvalue weighted by Crippen LogP contribution is 2.40. The number of nitrogens with zero attached hydrogens (tertiary/aromatic N) is 2. The van der Waals surface area contributed by atoms with Gasteiger partial charge in [0.05, 0.1) is 0 Å². The van der Waals surface area contributed by atoms with Crippen LogP contribution in [0, 0.1) is 11.8 Å². The number of carbonyl (C=O) groups is 1. The monoisotopic (exact) mass is 374 g/mol. The first kappa shape index (κ1) is 18.9. The van der Waals surface area contributed by atoms with Gasteiger partial charge in [0, 0.05) is 43.7 Å². The van der Waals surface area contributed by atoms with Crippen LogP contribution in [0.4, 0.5) is 0 Å². The summed E-state index contributed by atoms with van der Waals surface area (Å²) in [5, 5.41) is 10.6. The van der Waals surface area contributed by atoms with Crippen LogP contribution in [-0.2, 0) is 0 Å². The molecule has 1 aromatic rings. The summed E-state index contributed by atoms with van der Waals surface area (Å²) in [7, 11) is 2.08. The van der Waals surface area contributed by atoms with Crippen molar-refractivity contribution in [2.75, 3.05) is 26.7 Å². The molecule has 6 nitrogen and oxygen atoms in total. The van der Waals surface area contributed by atoms with E-state index in [4.69, 9.17) is 4.52 Å². The number of piperidine rings is 1. The Bertz CT molecular complexity index is 634. The molecule has 0 aromatic carbocycles. The number of likely N-dealkylation sites (tertiary alicyclic amines) is 1. The van der Waals surface area contributed by atoms with E-state index in [9.17, 15) is 4.79 Å². The summed E-state index contributed by atoms with van der Waals surface area (Å²) in [6.07, 6.45) is 8.63. The lowest BCUT2D eigenvalue weighted by Gasteiger charge is -2.40. The van der Waals surface area contributed by atoms with Crippen molar-refractivity contribution in [1.29, 1.82) is 0 Å². The maximum Gasteiger partial charge on any atom is 0.273 e. The van der Waals surface area contributed by atoms with Crippen molar-refractivity contribution in [3.63, 3.8) is 0 Å². The second kappa shape index (κ2) is 8.31. The van der Waals surface area contributed by atoms with Gasteiger partial charge in [0.15, 0.2) is 5.69 Å². The average Bonchev–Trinajstić information content (AvgIpc) is 3.41. The third kappa shape index (κ3) is 4.72. The standard InChI is InChI=1S/C21H34N4O2/c1-14-12-25(13-15-3-7-17(22-2)8-4-15)10-9-18(14)23-21(26)19-11-20(27-24-19)16-5-6-16/h11,14-18,22H,3-10,12-13H2,1-2H3,(H,23,26)/t14-,15?,17?,18+/m0/s1. The molecule has 3 aliphatic rings. The Morgan fingerprint density at radius 3 is 2.67 bits per heavy atom. The van der Waals surface area contributed by atoms with Gasteiger partial charge in [0.1, 0.15) is 5.76 Å². The Balaban J connectivity index is 1.23. The predicted octanol–water partition coefficient (Wildman–Crippen LogP) is 2.77. The first-order chi connectivity index (χ1) is 13.1. The highest BCUT2D eigenvalue weighted by atomic mass is 16.5. The topological polar surface area (TPSA) is 70.4 Å². The van der Waals surface area contributed by atoms with Crippen molar-refractivity contribution in [3.8, 4) is 0 Å². The molecule has 0 unspecified atom stereocenters. The lowest BCUT2D eigenvalue weighted by Crippen LogP contribution is -2.51. The van der Waals surface area contributed by atoms with Crippen molar-refractivity contribution < 1.29 is 9.32 Å². The molecule has 1 saturated heterocycles. The summed E-state index contributed by atoms with van der Waals surface area (Å²) in [5.41, 5.74) is 0.438. The van der Waals surface area contributed by atoms with Crippen molar-refractivity contribution in [3.05, 3.63) is 17.5 Å². The van der Waals surface area contributed by atoms with Crippen molar-refractivity contribution in [1.82, 2.24) is 20.7 Å². The molecule has 0 spiro atoms. The molecule has 150 valence electrons. The lowest BCUT2D eigenvalue weighted by atomic mass is 9.85. The van der Waals surface area contributed by atoms with Gasteiger partial charge in [-0.3, -0.25) is 4.79 Å². The highest BCUT2D eigenvalue weighted by molar-refractivity contribution is 5.92. The maximum atomic E-state index is 12.5. The molecule has 6 heteroatoms. The molecule has 4 rings (SSSR count). The zero-order valence-electron chi connectivity index (χ0n) is 16.7. The first-order valence-corrected chi connectivity index (χ1v) is 10.8. The smallest absolute Gasteiger partial charge is 0.273 e. The molecule has 2 heterocycles. The Morgan fingerprint density at radius 2 is 2.00 bits per heavy atom. The number of carbonyl (C=O) groups excluding carboxylic acids is 1. The molecule has 0 radical (unpaired) electrons. The third-order valence-electron chi connectivity index (χ3n) is 6.82. The van der Waals surface area contributed by atoms with Crippen LogP contribution in [-0.4, -0.2) is 54.7 Å². The third-order valence-corrected chi connectivity index (χ3v) is 6.82. The lowest BCUT2D eigenvalue weighted by molar-refractivity contribution is 0.0825. The van der Waals surface area contributed by atoms with Gasteiger partial charge in [-0.2, -0.15) is 0 Å². The van der Waals surface area contributed by atoms with Crippen LogP contribution >= 0.6 is 0 Å². The van der Waals surface area contributed by atoms with Crippen LogP contribution in [0.2, 0.25) is 0 Å². The molecule has 1 aliphatic heterocycles. The van der Waals surface area contributed by atoms with Crippen molar-refractivity contribution in [2.24, 2.45) is 11.8 Å². The Hall–Kier alpha value is -1.40. The number of aromatic nitrogens is 1. The van der Waals surface area contributed by atoms with Gasteiger partial charge in [-0.15, -0.1) is 0 Å². The quantitative estimate of drug-likeness (QED) is 0.801. The number of nitrogens with one attached hydrogen (secondary N) is 2. The summed E-state index contributed by atoms with van der Waals surface area (Å²) in [4.78, 5) is 15.1. The summed E-state index contributed by atoms with van der Waals surface area (Å²) in [6, 6.07) is 2.78. The molecular weight excluding hydrogens is 340 g/mol. The van der Waals surface area contributed by atoms with Crippen LogP contribution in [0.3, 0.4) is 0 Å². The largest absolute Gasteiger partial charge is 0.360 e. The normalized spacial score (nSPS) is 32.4. The van der Waals surface area contributed by atoms with Crippen LogP contribution in [0.25, 0.3) is 0 Å². The number of amides is 1. The van der Waals surface area contributed by atoms with Gasteiger partial charge < -0.3 is 20.1 Å². The Labute approximate surface area is 162 Å². The van der Waals surface area contributed by atoms with Gasteiger partial charge >= 0.3 is 0 Å². The van der Waals surface area contributed by atoms with Gasteiger partial charge in [-0.05, 0) is 63.8 Å². The second-order valence-electron chi connectivity index (χ2n) is 9.00. The molecular formula is C21H34N4O2. The van der Waals surface area contributed by atoms with E-state index in [0.29, 0.717) is 17.5 Å². The van der Waals surface area contributed by atoms with E-state index >= 15 is 0 Å². The van der Waals surface area contributed by atoms with E-state index in [1.807, 2.05) is 6.07 Å². The second-order valence-corrected chi connectivity index (χ2v) is 9.00. The van der Waals surface area contributed by atoms with Gasteiger partial charge in [0.25, 0.3) is 5.91 Å². The fraction of sp³-hybridized carbons (Fsp3) is 0.810. The molecule has 2 N–H and O–H groups in total. The summed E-state index contributed by atoms with van der Waals surface area (Å²) in [5.74, 6) is 2.58. The molecule has 1 aromatic heterocycles. The maximum absolute atomic E-state index is 12.5. The molecule has 2 aliphatic carbocycles. The van der Waals surface area contributed by atoms with Crippen LogP contribution < -0.4 is 10.6 Å². The summed E-state index contributed by atoms with van der Waals surface area (Å²) >= 11 is 0. The van der Waals surface area contributed by atoms with E-state index in [2.05, 4.69) is 34.7 Å². The van der Waals surface area contributed by atoms with Gasteiger partial charge in [0.2, 0.25) is 0 Å². The minimum atomic E-state index is -0.0821. The Morgan fingerprint density at radius 1 is 1.22 bits per heavy atom. The average molecular weight is 375 g/mol. The minimum Gasteiger partial charge on any atom is -0.360 e. The minimum absolute atomic E-state index is 0.0821. The van der Waals surface area contributed by atoms with E-state index in [1.165, 1.54) is 32.2 Å². The first-order valence-electron chi connectivity index (χ1n) is 10.8. The highest BCUT2D eigenvalue weighted by Gasteiger charge is 2.32. The van der Waals surface area contributed by atoms with Crippen LogP contribution in [0.1, 0.15) is 74.0 Å². The molecule has 3 fully saturated rings. The SMILES string of the molecule is CNC1CCC(CN2CC[C@@H](NC(=O)c3cc(C4CC4)on3)[C@@H](C)C2)CC1. The van der Waals surface area contributed by atoms with Crippen LogP contribution in [0.15, 0.2) is 10.6 Å². The summed E-state index contributed by atoms with van der Waals surface area (Å²) in [6.45, 7) is 5.62. The molecule has 0 bridgehead atoms. The van der Waals surface area contributed by atoms with Crippen molar-refractivity contribution >= 4 is 5.91 Å². The fourth-order valence-corrected chi connectivity index (χ4v) is 4.81. The number of hydrogen-bond donors (Lipinski definition) is 2. The molecule has 2 atom stereocenters. The molecule has 1 amide bonds. The predicted molar refractivity (Wildman–Crippen MR) is 105 cm³/mol. The molecule has 27 heavy (non-hydrogen) atoms. The zero-order chi connectivity index (χ0) is 18.8. The van der Waals surface area contributed by atoms with E-state index in [0.717, 1.165) is 50.1 Å². The van der Waals surface area contributed by atoms with E-state index < -0.39 is 0 Å². The Kier molecular flexibility index (Phi) is 5.83. The van der Waals surface area contributed by atoms with Gasteiger partial charge in [-0.25, -0.2) is 0 Å². The van der Waals surface area contributed by atoms with Crippen molar-refractivity contribution in [2.45, 2.75) is 69.9 Å². The number of hydrogen-bond acceptors (Lipinski definition) is 5.